The van der Waals surface area contributed by atoms with E-state index >= 15 is 0 Å². The Morgan fingerprint density at radius 3 is 2.04 bits per heavy atom. The molecule has 3 saturated heterocycles. The van der Waals surface area contributed by atoms with Crippen LogP contribution in [0.15, 0.2) is 24.3 Å². The van der Waals surface area contributed by atoms with E-state index < -0.39 is 146 Å². The first-order chi connectivity index (χ1) is 38.1. The summed E-state index contributed by atoms with van der Waals surface area (Å²) >= 11 is 0. The monoisotopic (exact) mass is 1130 g/mol. The molecule has 0 saturated carbocycles. The fraction of sp³-hybridized carbons (Fsp3) is 0.727. The van der Waals surface area contributed by atoms with E-state index in [4.69, 9.17) is 22.6 Å². The Morgan fingerprint density at radius 1 is 0.762 bits per heavy atom. The van der Waals surface area contributed by atoms with Gasteiger partial charge in [-0.2, -0.15) is 0 Å². The van der Waals surface area contributed by atoms with Crippen LogP contribution in [-0.4, -0.2) is 205 Å². The van der Waals surface area contributed by atoms with Crippen LogP contribution in [0.25, 0.3) is 0 Å². The van der Waals surface area contributed by atoms with Gasteiger partial charge < -0.3 is 88.3 Å². The molecule has 1 aromatic rings. The van der Waals surface area contributed by atoms with Crippen LogP contribution in [0.2, 0.25) is 0 Å². The fourth-order valence-electron chi connectivity index (χ4n) is 10.5. The maximum atomic E-state index is 14.7. The fourth-order valence-corrected chi connectivity index (χ4v) is 10.5. The Balaban J connectivity index is 1.74. The number of amides is 7. The first kappa shape index (κ1) is 67.0. The topological polar surface area (TPSA) is 401 Å². The van der Waals surface area contributed by atoms with Gasteiger partial charge in [0.15, 0.2) is 0 Å². The number of terminal acetylenes is 1. The van der Waals surface area contributed by atoms with Crippen LogP contribution < -0.4 is 48.1 Å². The van der Waals surface area contributed by atoms with E-state index in [0.717, 1.165) is 55.2 Å². The molecule has 0 aliphatic carbocycles. The van der Waals surface area contributed by atoms with Crippen molar-refractivity contribution in [1.29, 1.82) is 0 Å². The number of carbonyl (C=O) groups is 7. The minimum atomic E-state index is -2.27. The molecule has 17 N–H and O–H groups in total. The number of hydrogen-bond acceptors (Lipinski definition) is 18. The van der Waals surface area contributed by atoms with Crippen molar-refractivity contribution >= 4 is 41.4 Å². The molecule has 80 heavy (non-hydrogen) atoms. The summed E-state index contributed by atoms with van der Waals surface area (Å²) in [6.07, 6.45) is -1.65. The second-order valence-electron chi connectivity index (χ2n) is 21.7. The third-order valence-electron chi connectivity index (χ3n) is 15.2. The molecule has 3 aliphatic heterocycles. The highest BCUT2D eigenvalue weighted by atomic mass is 16.5. The number of unbranched alkanes of at least 4 members (excludes halogenated alkanes) is 5. The smallest absolute Gasteiger partial charge is 0.248 e. The van der Waals surface area contributed by atoms with Gasteiger partial charge >= 0.3 is 0 Å². The largest absolute Gasteiger partial charge is 0.481 e. The molecule has 25 heteroatoms. The molecule has 0 bridgehead atoms. The van der Waals surface area contributed by atoms with Crippen molar-refractivity contribution in [2.24, 2.45) is 23.3 Å². The van der Waals surface area contributed by atoms with Crippen LogP contribution in [-0.2, 0) is 33.6 Å². The normalized spacial score (nSPS) is 27.9. The van der Waals surface area contributed by atoms with Crippen molar-refractivity contribution in [3.63, 3.8) is 0 Å². The number of fused-ring (bicyclic) bond motifs is 2. The summed E-state index contributed by atoms with van der Waals surface area (Å²) in [6.45, 7) is 6.65. The highest BCUT2D eigenvalue weighted by Crippen LogP contribution is 2.27. The molecule has 3 fully saturated rings. The lowest BCUT2D eigenvalue weighted by atomic mass is 9.91. The molecule has 25 nitrogen and oxygen atoms in total. The van der Waals surface area contributed by atoms with Gasteiger partial charge in [0, 0.05) is 45.4 Å². The average molecular weight is 1130 g/mol. The van der Waals surface area contributed by atoms with Crippen molar-refractivity contribution < 1.29 is 74.0 Å². The molecule has 16 atom stereocenters. The van der Waals surface area contributed by atoms with E-state index in [9.17, 15) is 69.3 Å². The highest BCUT2D eigenvalue weighted by molar-refractivity contribution is 5.98. The van der Waals surface area contributed by atoms with Gasteiger partial charge in [0.05, 0.1) is 30.5 Å². The predicted molar refractivity (Wildman–Crippen MR) is 293 cm³/mol. The summed E-state index contributed by atoms with van der Waals surface area (Å²) in [7, 11) is 0. The number of nitrogens with two attached hydrogens (primary N) is 2. The van der Waals surface area contributed by atoms with Crippen molar-refractivity contribution in [2.75, 3.05) is 39.3 Å². The van der Waals surface area contributed by atoms with Crippen LogP contribution in [0.4, 0.5) is 0 Å². The van der Waals surface area contributed by atoms with Gasteiger partial charge in [0.2, 0.25) is 41.4 Å². The number of aliphatic hydroxyl groups excluding tert-OH is 7. The number of nitrogens with zero attached hydrogens (tertiary/aromatic N) is 2. The Kier molecular flexibility index (Phi) is 28.0. The van der Waals surface area contributed by atoms with E-state index in [1.54, 1.807) is 0 Å². The van der Waals surface area contributed by atoms with Crippen LogP contribution in [0, 0.1) is 24.2 Å². The number of aliphatic hydroxyl groups is 7. The zero-order valence-corrected chi connectivity index (χ0v) is 46.7. The van der Waals surface area contributed by atoms with Crippen LogP contribution in [0.1, 0.15) is 129 Å². The third kappa shape index (κ3) is 19.6. The summed E-state index contributed by atoms with van der Waals surface area (Å²) in [5.41, 5.74) is 11.6. The molecule has 0 unspecified atom stereocenters. The minimum Gasteiger partial charge on any atom is -0.481 e. The number of carbonyl (C=O) groups excluding carboxylic acids is 7. The number of nitrogens with one attached hydrogen (secondary N) is 6. The van der Waals surface area contributed by atoms with Gasteiger partial charge in [-0.05, 0) is 68.7 Å². The van der Waals surface area contributed by atoms with Gasteiger partial charge in [-0.15, -0.1) is 6.42 Å². The Bertz CT molecular complexity index is 2200. The SMILES string of the molecule is C#CCOc1ccc([C@H](O)[C@@H](O)[C@@H]2NC(=O)[C@@H]3C[C@@H](O)CN3C(=O)[C@H]([C@@H](C)O)NC(=O)[C@@H](NC(=O)CCCCCCCC[C@@H](C)C[C@@H](C)CC)C[C@@H](O)[C@@H](NCCN)NC(=O)[C@@H]3[C@@H](O)CCN3C(=O)[C@H]([C@H](O)CCN)NC2=O)cc1. The van der Waals surface area contributed by atoms with Crippen molar-refractivity contribution in [3.05, 3.63) is 29.8 Å². The molecular weight excluding hydrogens is 1040 g/mol. The molecule has 4 rings (SSSR count). The summed E-state index contributed by atoms with van der Waals surface area (Å²) in [6, 6.07) is -5.69. The first-order valence-electron chi connectivity index (χ1n) is 28.2. The number of rotatable bonds is 25. The molecule has 1 aromatic carbocycles. The predicted octanol–water partition coefficient (Wildman–Crippen LogP) is -3.01. The van der Waals surface area contributed by atoms with E-state index in [0.29, 0.717) is 24.7 Å². The highest BCUT2D eigenvalue weighted by Gasteiger charge is 2.49. The summed E-state index contributed by atoms with van der Waals surface area (Å²) in [4.78, 5) is 102. The molecule has 7 amide bonds. The van der Waals surface area contributed by atoms with Gasteiger partial charge in [0.25, 0.3) is 0 Å². The standard InChI is InChI=1S/C55H90N10O15/c1-6-26-80-36-18-16-34(17-19-36)47(72)48(73)45-52(76)61-44(39(68)20-22-56)55(79)64-25-21-40(69)46(64)53(77)63-49(58-24-23-57)41(70)29-37(59-42(71)15-13-11-9-8-10-12-14-32(4)27-31(3)7-2)50(74)60-43(33(5)66)54(78)65-30-35(67)28-38(65)51(75)62-45/h1,16-19,31-33,35,37-41,43-49,58,66-70,72-73H,7-15,20-30,56-57H2,2-5H3,(H,59,71)(H,60,74)(H,61,76)(H,62,75)(H,63,77)/t31-,32+,33+,35+,37-,38-,39+,40-,41+,43-,44-,45-,46-,47-,48-,49-/m0/s1. The van der Waals surface area contributed by atoms with E-state index in [1.165, 1.54) is 30.7 Å². The summed E-state index contributed by atoms with van der Waals surface area (Å²) in [5.74, 6) is -3.61. The van der Waals surface area contributed by atoms with Crippen molar-refractivity contribution in [1.82, 2.24) is 41.7 Å². The van der Waals surface area contributed by atoms with Crippen molar-refractivity contribution in [2.45, 2.75) is 203 Å². The molecule has 3 heterocycles. The molecular formula is C55H90N10O15. The van der Waals surface area contributed by atoms with E-state index in [2.05, 4.69) is 58.6 Å². The lowest BCUT2D eigenvalue weighted by Crippen LogP contribution is -2.65. The van der Waals surface area contributed by atoms with E-state index in [-0.39, 0.29) is 63.4 Å². The molecule has 0 aromatic heterocycles. The second kappa shape index (κ2) is 33.4. The van der Waals surface area contributed by atoms with Gasteiger partial charge in [-0.1, -0.05) is 83.8 Å². The Morgan fingerprint density at radius 2 is 1.40 bits per heavy atom. The lowest BCUT2D eigenvalue weighted by molar-refractivity contribution is -0.148. The summed E-state index contributed by atoms with van der Waals surface area (Å²) in [5, 5.41) is 95.2. The average Bonchev–Trinajstić information content (AvgIpc) is 4.07. The van der Waals surface area contributed by atoms with Crippen LogP contribution >= 0.6 is 0 Å². The Labute approximate surface area is 469 Å². The van der Waals surface area contributed by atoms with Gasteiger partial charge in [-0.3, -0.25) is 38.9 Å². The zero-order chi connectivity index (χ0) is 59.2. The van der Waals surface area contributed by atoms with Gasteiger partial charge in [0.1, 0.15) is 67.0 Å². The molecule has 450 valence electrons. The third-order valence-corrected chi connectivity index (χ3v) is 15.2. The maximum absolute atomic E-state index is 14.7. The second-order valence-corrected chi connectivity index (χ2v) is 21.7. The number of hydrogen-bond donors (Lipinski definition) is 15. The zero-order valence-electron chi connectivity index (χ0n) is 46.7. The maximum Gasteiger partial charge on any atom is 0.248 e. The van der Waals surface area contributed by atoms with Crippen molar-refractivity contribution in [3.8, 4) is 18.1 Å². The van der Waals surface area contributed by atoms with Crippen LogP contribution in [0.3, 0.4) is 0 Å². The quantitative estimate of drug-likeness (QED) is 0.0343. The number of benzene rings is 1. The van der Waals surface area contributed by atoms with Crippen LogP contribution in [0.5, 0.6) is 5.75 Å². The summed E-state index contributed by atoms with van der Waals surface area (Å²) < 4.78 is 5.39. The molecule has 0 spiro atoms. The number of ether oxygens (including phenoxy) is 1. The Hall–Kier alpha value is -5.53. The molecule has 3 aliphatic rings. The molecule has 0 radical (unpaired) electrons. The first-order valence-corrected chi connectivity index (χ1v) is 28.2. The minimum absolute atomic E-state index is 0.00765. The van der Waals surface area contributed by atoms with Gasteiger partial charge in [-0.25, -0.2) is 0 Å². The lowest BCUT2D eigenvalue weighted by Gasteiger charge is -2.35. The van der Waals surface area contributed by atoms with E-state index in [1.807, 2.05) is 0 Å².